The Bertz CT molecular complexity index is 397. The lowest BCUT2D eigenvalue weighted by Crippen LogP contribution is -2.29. The number of hydrogen-bond acceptors (Lipinski definition) is 1. The van der Waals surface area contributed by atoms with Gasteiger partial charge < -0.3 is 4.57 Å². The van der Waals surface area contributed by atoms with Gasteiger partial charge in [-0.25, -0.2) is 4.98 Å². The van der Waals surface area contributed by atoms with Crippen LogP contribution in [0.5, 0.6) is 0 Å². The van der Waals surface area contributed by atoms with E-state index in [1.54, 1.807) is 0 Å². The number of aromatic nitrogens is 2. The van der Waals surface area contributed by atoms with Crippen LogP contribution < -0.4 is 0 Å². The first-order chi connectivity index (χ1) is 8.65. The molecule has 0 unspecified atom stereocenters. The largest absolute Gasteiger partial charge is 0.331 e. The number of imidazole rings is 1. The minimum absolute atomic E-state index is 0.386. The van der Waals surface area contributed by atoms with Crippen LogP contribution in [0.15, 0.2) is 0 Å². The van der Waals surface area contributed by atoms with Crippen molar-refractivity contribution in [1.82, 2.24) is 9.55 Å². The number of nitrogens with zero attached hydrogens (tertiary/aromatic N) is 2. The molecule has 0 aliphatic heterocycles. The number of rotatable bonds is 5. The summed E-state index contributed by atoms with van der Waals surface area (Å²) in [6, 6.07) is 0. The number of fused-ring (bicyclic) bond motifs is 1. The van der Waals surface area contributed by atoms with Crippen molar-refractivity contribution in [2.24, 2.45) is 5.41 Å². The molecule has 0 aromatic carbocycles. The van der Waals surface area contributed by atoms with E-state index in [4.69, 9.17) is 4.98 Å². The van der Waals surface area contributed by atoms with E-state index >= 15 is 0 Å². The topological polar surface area (TPSA) is 17.8 Å². The number of alkyl halides is 1. The summed E-state index contributed by atoms with van der Waals surface area (Å²) in [6.45, 7) is 7.91. The number of aryl methyl sites for hydroxylation is 2. The third-order valence-corrected chi connectivity index (χ3v) is 5.89. The minimum Gasteiger partial charge on any atom is -0.331 e. The van der Waals surface area contributed by atoms with Crippen LogP contribution in [-0.2, 0) is 19.4 Å². The van der Waals surface area contributed by atoms with Crippen molar-refractivity contribution in [3.8, 4) is 0 Å². The lowest BCUT2D eigenvalue weighted by atomic mass is 9.84. The molecule has 0 radical (unpaired) electrons. The lowest BCUT2D eigenvalue weighted by molar-refractivity contribution is 0.254. The molecular weight excluding hydrogens is 288 g/mol. The zero-order valence-electron chi connectivity index (χ0n) is 11.9. The molecule has 3 heteroatoms. The van der Waals surface area contributed by atoms with E-state index in [0.717, 1.165) is 11.9 Å². The highest BCUT2D eigenvalue weighted by atomic mass is 79.9. The van der Waals surface area contributed by atoms with Crippen molar-refractivity contribution in [3.63, 3.8) is 0 Å². The van der Waals surface area contributed by atoms with Gasteiger partial charge in [0.1, 0.15) is 5.82 Å². The van der Waals surface area contributed by atoms with Crippen molar-refractivity contribution in [2.45, 2.75) is 65.8 Å². The predicted molar refractivity (Wildman–Crippen MR) is 80.4 cm³/mol. The third-order valence-electron chi connectivity index (χ3n) is 4.70. The molecule has 0 spiro atoms. The zero-order valence-corrected chi connectivity index (χ0v) is 13.5. The van der Waals surface area contributed by atoms with Gasteiger partial charge in [0, 0.05) is 17.6 Å². The molecule has 0 N–H and O–H groups in total. The standard InChI is InChI=1S/C15H25BrN2/c1-4-15(5-2,10-16)11-18-12(3)17-13-8-6-7-9-14(13)18/h4-11H2,1-3H3. The molecule has 0 saturated heterocycles. The number of hydrogen-bond donors (Lipinski definition) is 0. The van der Waals surface area contributed by atoms with E-state index in [1.165, 1.54) is 55.7 Å². The summed E-state index contributed by atoms with van der Waals surface area (Å²) in [5.74, 6) is 1.22. The Hall–Kier alpha value is -0.310. The van der Waals surface area contributed by atoms with Crippen LogP contribution in [-0.4, -0.2) is 14.9 Å². The fourth-order valence-corrected chi connectivity index (χ4v) is 3.96. The maximum Gasteiger partial charge on any atom is 0.106 e. The van der Waals surface area contributed by atoms with Gasteiger partial charge in [-0.3, -0.25) is 0 Å². The monoisotopic (exact) mass is 312 g/mol. The first-order valence-electron chi connectivity index (χ1n) is 7.26. The third kappa shape index (κ3) is 2.52. The van der Waals surface area contributed by atoms with E-state index in [9.17, 15) is 0 Å². The average Bonchev–Trinajstić information content (AvgIpc) is 2.72. The highest BCUT2D eigenvalue weighted by Gasteiger charge is 2.28. The molecule has 1 aliphatic carbocycles. The Kier molecular flexibility index (Phi) is 4.52. The highest BCUT2D eigenvalue weighted by Crippen LogP contribution is 2.33. The summed E-state index contributed by atoms with van der Waals surface area (Å²) in [5, 5.41) is 1.08. The van der Waals surface area contributed by atoms with Gasteiger partial charge >= 0.3 is 0 Å². The summed E-state index contributed by atoms with van der Waals surface area (Å²) in [5.41, 5.74) is 3.27. The molecule has 102 valence electrons. The highest BCUT2D eigenvalue weighted by molar-refractivity contribution is 9.09. The normalized spacial score (nSPS) is 15.8. The van der Waals surface area contributed by atoms with E-state index in [1.807, 2.05) is 0 Å². The molecule has 0 fully saturated rings. The van der Waals surface area contributed by atoms with Gasteiger partial charge in [-0.1, -0.05) is 29.8 Å². The lowest BCUT2D eigenvalue weighted by Gasteiger charge is -2.31. The van der Waals surface area contributed by atoms with Crippen LogP contribution in [0.3, 0.4) is 0 Å². The molecule has 2 rings (SSSR count). The first kappa shape index (κ1) is 14.1. The Morgan fingerprint density at radius 1 is 1.22 bits per heavy atom. The van der Waals surface area contributed by atoms with Crippen LogP contribution in [0.4, 0.5) is 0 Å². The molecule has 1 aromatic rings. The van der Waals surface area contributed by atoms with Crippen molar-refractivity contribution in [3.05, 3.63) is 17.2 Å². The molecule has 1 aromatic heterocycles. The molecular formula is C15H25BrN2. The van der Waals surface area contributed by atoms with E-state index in [-0.39, 0.29) is 0 Å². The molecule has 0 bridgehead atoms. The van der Waals surface area contributed by atoms with Crippen LogP contribution in [0.2, 0.25) is 0 Å². The van der Waals surface area contributed by atoms with E-state index < -0.39 is 0 Å². The van der Waals surface area contributed by atoms with Crippen molar-refractivity contribution in [2.75, 3.05) is 5.33 Å². The van der Waals surface area contributed by atoms with Crippen LogP contribution >= 0.6 is 15.9 Å². The molecule has 1 heterocycles. The summed E-state index contributed by atoms with van der Waals surface area (Å²) < 4.78 is 2.50. The van der Waals surface area contributed by atoms with Crippen LogP contribution in [0.1, 0.15) is 56.7 Å². The number of halogens is 1. The Morgan fingerprint density at radius 3 is 2.50 bits per heavy atom. The van der Waals surface area contributed by atoms with Gasteiger partial charge in [-0.05, 0) is 50.9 Å². The van der Waals surface area contributed by atoms with Gasteiger partial charge in [0.05, 0.1) is 5.69 Å². The van der Waals surface area contributed by atoms with E-state index in [2.05, 4.69) is 41.3 Å². The second-order valence-electron chi connectivity index (χ2n) is 5.69. The fraction of sp³-hybridized carbons (Fsp3) is 0.800. The fourth-order valence-electron chi connectivity index (χ4n) is 2.99. The zero-order chi connectivity index (χ0) is 13.2. The average molecular weight is 313 g/mol. The van der Waals surface area contributed by atoms with Crippen LogP contribution in [0, 0.1) is 12.3 Å². The second kappa shape index (κ2) is 5.77. The summed E-state index contributed by atoms with van der Waals surface area (Å²) in [6.07, 6.45) is 7.50. The molecule has 0 saturated carbocycles. The van der Waals surface area contributed by atoms with Gasteiger partial charge in [0.15, 0.2) is 0 Å². The minimum atomic E-state index is 0.386. The van der Waals surface area contributed by atoms with Gasteiger partial charge in [0.25, 0.3) is 0 Å². The Morgan fingerprint density at radius 2 is 1.89 bits per heavy atom. The van der Waals surface area contributed by atoms with Crippen molar-refractivity contribution < 1.29 is 0 Å². The van der Waals surface area contributed by atoms with Gasteiger partial charge in [-0.15, -0.1) is 0 Å². The smallest absolute Gasteiger partial charge is 0.106 e. The first-order valence-corrected chi connectivity index (χ1v) is 8.38. The van der Waals surface area contributed by atoms with E-state index in [0.29, 0.717) is 5.41 Å². The van der Waals surface area contributed by atoms with Crippen LogP contribution in [0.25, 0.3) is 0 Å². The maximum atomic E-state index is 4.79. The summed E-state index contributed by atoms with van der Waals surface area (Å²) in [4.78, 5) is 4.79. The van der Waals surface area contributed by atoms with Crippen molar-refractivity contribution >= 4 is 15.9 Å². The Labute approximate surface area is 119 Å². The molecule has 0 atom stereocenters. The summed E-state index contributed by atoms with van der Waals surface area (Å²) >= 11 is 3.73. The second-order valence-corrected chi connectivity index (χ2v) is 6.25. The molecule has 1 aliphatic rings. The molecule has 18 heavy (non-hydrogen) atoms. The van der Waals surface area contributed by atoms with Gasteiger partial charge in [-0.2, -0.15) is 0 Å². The molecule has 0 amide bonds. The summed E-state index contributed by atoms with van der Waals surface area (Å²) in [7, 11) is 0. The SMILES string of the molecule is CCC(CC)(CBr)Cn1c(C)nc2c1CCCC2. The van der Waals surface area contributed by atoms with Gasteiger partial charge in [0.2, 0.25) is 0 Å². The maximum absolute atomic E-state index is 4.79. The molecule has 2 nitrogen and oxygen atoms in total. The van der Waals surface area contributed by atoms with Crippen molar-refractivity contribution in [1.29, 1.82) is 0 Å². The quantitative estimate of drug-likeness (QED) is 0.742. The Balaban J connectivity index is 2.30. The predicted octanol–water partition coefficient (Wildman–Crippen LogP) is 4.27.